The van der Waals surface area contributed by atoms with Gasteiger partial charge in [-0.05, 0) is 59.9 Å². The van der Waals surface area contributed by atoms with E-state index >= 15 is 0 Å². The standard InChI is InChI=1S/C28H30N2O3/c1-33-26-9-3-2-8-25(26)23-12-10-22-19-24(13-11-21(22)18-23)28(32)30-15-5-14-29(16-17-30)27(31)20-6-4-7-20/h2-3,8-13,18-20H,4-7,14-17H2,1H3. The number of carbonyl (C=O) groups excluding carboxylic acids is 2. The molecule has 3 aromatic carbocycles. The number of amides is 2. The number of fused-ring (bicyclic) bond motifs is 1. The van der Waals surface area contributed by atoms with Gasteiger partial charge in [0.2, 0.25) is 5.91 Å². The van der Waals surface area contributed by atoms with E-state index in [4.69, 9.17) is 4.74 Å². The Balaban J connectivity index is 1.32. The van der Waals surface area contributed by atoms with Gasteiger partial charge in [0, 0.05) is 43.2 Å². The molecule has 2 amide bonds. The monoisotopic (exact) mass is 442 g/mol. The summed E-state index contributed by atoms with van der Waals surface area (Å²) in [5.74, 6) is 1.39. The van der Waals surface area contributed by atoms with E-state index in [0.29, 0.717) is 25.2 Å². The third kappa shape index (κ3) is 4.32. The van der Waals surface area contributed by atoms with Gasteiger partial charge in [0.25, 0.3) is 5.91 Å². The molecule has 0 aromatic heterocycles. The van der Waals surface area contributed by atoms with Gasteiger partial charge in [-0.2, -0.15) is 0 Å². The zero-order chi connectivity index (χ0) is 22.8. The van der Waals surface area contributed by atoms with Crippen molar-refractivity contribution in [1.29, 1.82) is 0 Å². The molecule has 1 aliphatic carbocycles. The first-order valence-corrected chi connectivity index (χ1v) is 11.9. The predicted molar refractivity (Wildman–Crippen MR) is 130 cm³/mol. The molecular weight excluding hydrogens is 412 g/mol. The van der Waals surface area contributed by atoms with Crippen molar-refractivity contribution >= 4 is 22.6 Å². The molecule has 0 radical (unpaired) electrons. The van der Waals surface area contributed by atoms with Crippen molar-refractivity contribution in [2.45, 2.75) is 25.7 Å². The van der Waals surface area contributed by atoms with Crippen molar-refractivity contribution in [2.24, 2.45) is 5.92 Å². The fourth-order valence-electron chi connectivity index (χ4n) is 4.87. The summed E-state index contributed by atoms with van der Waals surface area (Å²) in [6, 6.07) is 20.2. The van der Waals surface area contributed by atoms with Crippen molar-refractivity contribution in [2.75, 3.05) is 33.3 Å². The molecule has 0 bridgehead atoms. The predicted octanol–water partition coefficient (Wildman–Crippen LogP) is 4.99. The van der Waals surface area contributed by atoms with Gasteiger partial charge in [0.05, 0.1) is 7.11 Å². The average molecular weight is 443 g/mol. The van der Waals surface area contributed by atoms with Crippen LogP contribution in [0.3, 0.4) is 0 Å². The van der Waals surface area contributed by atoms with Crippen LogP contribution in [-0.4, -0.2) is 54.9 Å². The highest BCUT2D eigenvalue weighted by Crippen LogP contribution is 2.32. The molecular formula is C28H30N2O3. The fraction of sp³-hybridized carbons (Fsp3) is 0.357. The molecule has 5 rings (SSSR count). The molecule has 5 heteroatoms. The number of rotatable bonds is 4. The largest absolute Gasteiger partial charge is 0.496 e. The number of nitrogens with zero attached hydrogens (tertiary/aromatic N) is 2. The maximum Gasteiger partial charge on any atom is 0.253 e. The second-order valence-electron chi connectivity index (χ2n) is 9.08. The Morgan fingerprint density at radius 3 is 2.33 bits per heavy atom. The normalized spacial score (nSPS) is 16.9. The van der Waals surface area contributed by atoms with Crippen LogP contribution in [0.15, 0.2) is 60.7 Å². The fourth-order valence-corrected chi connectivity index (χ4v) is 4.87. The van der Waals surface area contributed by atoms with Gasteiger partial charge in [0.15, 0.2) is 0 Å². The third-order valence-corrected chi connectivity index (χ3v) is 7.05. The van der Waals surface area contributed by atoms with Crippen LogP contribution in [0.5, 0.6) is 5.75 Å². The van der Waals surface area contributed by atoms with E-state index in [9.17, 15) is 9.59 Å². The molecule has 5 nitrogen and oxygen atoms in total. The van der Waals surface area contributed by atoms with E-state index in [2.05, 4.69) is 24.3 Å². The lowest BCUT2D eigenvalue weighted by Gasteiger charge is -2.31. The second kappa shape index (κ2) is 9.26. The second-order valence-corrected chi connectivity index (χ2v) is 9.08. The molecule has 1 aliphatic heterocycles. The van der Waals surface area contributed by atoms with Crippen LogP contribution in [0.4, 0.5) is 0 Å². The van der Waals surface area contributed by atoms with Gasteiger partial charge < -0.3 is 14.5 Å². The average Bonchev–Trinajstić information content (AvgIpc) is 3.08. The summed E-state index contributed by atoms with van der Waals surface area (Å²) < 4.78 is 5.51. The molecule has 2 aliphatic rings. The van der Waals surface area contributed by atoms with Crippen LogP contribution in [0.25, 0.3) is 21.9 Å². The summed E-state index contributed by atoms with van der Waals surface area (Å²) in [6.45, 7) is 2.68. The van der Waals surface area contributed by atoms with E-state index in [1.165, 1.54) is 0 Å². The highest BCUT2D eigenvalue weighted by molar-refractivity contribution is 5.99. The molecule has 0 spiro atoms. The molecule has 170 valence electrons. The maximum atomic E-state index is 13.3. The Hall–Kier alpha value is -3.34. The smallest absolute Gasteiger partial charge is 0.253 e. The van der Waals surface area contributed by atoms with Gasteiger partial charge in [-0.3, -0.25) is 9.59 Å². The molecule has 1 saturated carbocycles. The summed E-state index contributed by atoms with van der Waals surface area (Å²) in [4.78, 5) is 29.7. The Bertz CT molecular complexity index is 1180. The molecule has 3 aromatic rings. The van der Waals surface area contributed by atoms with E-state index in [1.807, 2.05) is 46.2 Å². The summed E-state index contributed by atoms with van der Waals surface area (Å²) >= 11 is 0. The van der Waals surface area contributed by atoms with Gasteiger partial charge in [-0.25, -0.2) is 0 Å². The molecule has 33 heavy (non-hydrogen) atoms. The lowest BCUT2D eigenvalue weighted by atomic mass is 9.84. The Kier molecular flexibility index (Phi) is 6.03. The van der Waals surface area contributed by atoms with Crippen molar-refractivity contribution in [3.63, 3.8) is 0 Å². The maximum absolute atomic E-state index is 13.3. The summed E-state index contributed by atoms with van der Waals surface area (Å²) in [5.41, 5.74) is 2.83. The quantitative estimate of drug-likeness (QED) is 0.572. The lowest BCUT2D eigenvalue weighted by Crippen LogP contribution is -2.41. The minimum atomic E-state index is 0.0450. The molecule has 1 heterocycles. The number of hydrogen-bond acceptors (Lipinski definition) is 3. The summed E-state index contributed by atoms with van der Waals surface area (Å²) in [7, 11) is 1.68. The Labute approximate surface area is 194 Å². The van der Waals surface area contributed by atoms with E-state index in [1.54, 1.807) is 7.11 Å². The lowest BCUT2D eigenvalue weighted by molar-refractivity contribution is -0.138. The van der Waals surface area contributed by atoms with Crippen molar-refractivity contribution < 1.29 is 14.3 Å². The number of para-hydroxylation sites is 1. The third-order valence-electron chi connectivity index (χ3n) is 7.05. The number of benzene rings is 3. The summed E-state index contributed by atoms with van der Waals surface area (Å²) in [5, 5.41) is 2.12. The number of hydrogen-bond donors (Lipinski definition) is 0. The van der Waals surface area contributed by atoms with Crippen molar-refractivity contribution in [1.82, 2.24) is 9.80 Å². The number of ether oxygens (including phenoxy) is 1. The highest BCUT2D eigenvalue weighted by Gasteiger charge is 2.31. The molecule has 0 atom stereocenters. The van der Waals surface area contributed by atoms with Crippen molar-refractivity contribution in [3.05, 3.63) is 66.2 Å². The minimum absolute atomic E-state index is 0.0450. The van der Waals surface area contributed by atoms with Crippen LogP contribution in [-0.2, 0) is 4.79 Å². The van der Waals surface area contributed by atoms with Gasteiger partial charge >= 0.3 is 0 Å². The van der Waals surface area contributed by atoms with Gasteiger partial charge in [-0.1, -0.05) is 42.8 Å². The molecule has 2 fully saturated rings. The van der Waals surface area contributed by atoms with E-state index in [0.717, 1.165) is 59.9 Å². The summed E-state index contributed by atoms with van der Waals surface area (Å²) in [6.07, 6.45) is 4.04. The number of methoxy groups -OCH3 is 1. The minimum Gasteiger partial charge on any atom is -0.496 e. The van der Waals surface area contributed by atoms with Crippen LogP contribution < -0.4 is 4.74 Å². The number of carbonyl (C=O) groups is 2. The first kappa shape index (κ1) is 21.5. The van der Waals surface area contributed by atoms with Crippen LogP contribution in [0, 0.1) is 5.92 Å². The molecule has 0 N–H and O–H groups in total. The molecule has 0 unspecified atom stereocenters. The van der Waals surface area contributed by atoms with E-state index < -0.39 is 0 Å². The first-order chi connectivity index (χ1) is 16.1. The Morgan fingerprint density at radius 2 is 1.55 bits per heavy atom. The van der Waals surface area contributed by atoms with Gasteiger partial charge in [0.1, 0.15) is 5.75 Å². The highest BCUT2D eigenvalue weighted by atomic mass is 16.5. The van der Waals surface area contributed by atoms with Crippen LogP contribution >= 0.6 is 0 Å². The first-order valence-electron chi connectivity index (χ1n) is 11.9. The van der Waals surface area contributed by atoms with Crippen LogP contribution in [0.1, 0.15) is 36.0 Å². The van der Waals surface area contributed by atoms with E-state index in [-0.39, 0.29) is 17.7 Å². The Morgan fingerprint density at radius 1 is 0.818 bits per heavy atom. The van der Waals surface area contributed by atoms with Crippen LogP contribution in [0.2, 0.25) is 0 Å². The van der Waals surface area contributed by atoms with Crippen molar-refractivity contribution in [3.8, 4) is 16.9 Å². The SMILES string of the molecule is COc1ccccc1-c1ccc2cc(C(=O)N3CCCN(C(=O)C4CCC4)CC3)ccc2c1. The van der Waals surface area contributed by atoms with Gasteiger partial charge in [-0.15, -0.1) is 0 Å². The zero-order valence-corrected chi connectivity index (χ0v) is 19.1. The molecule has 1 saturated heterocycles. The topological polar surface area (TPSA) is 49.9 Å². The zero-order valence-electron chi connectivity index (χ0n) is 19.1.